The highest BCUT2D eigenvalue weighted by atomic mass is 35.5. The Morgan fingerprint density at radius 2 is 1.86 bits per heavy atom. The van der Waals surface area contributed by atoms with Gasteiger partial charge in [0, 0.05) is 24.8 Å². The van der Waals surface area contributed by atoms with E-state index in [0.717, 1.165) is 10.5 Å². The summed E-state index contributed by atoms with van der Waals surface area (Å²) >= 11 is 6.02. The van der Waals surface area contributed by atoms with Gasteiger partial charge < -0.3 is 24.2 Å². The summed E-state index contributed by atoms with van der Waals surface area (Å²) in [4.78, 5) is 13.9. The number of quaternary nitrogens is 1. The molecule has 6 nitrogen and oxygen atoms in total. The summed E-state index contributed by atoms with van der Waals surface area (Å²) in [6.07, 6.45) is 1.64. The predicted molar refractivity (Wildman–Crippen MR) is 108 cm³/mol. The number of hydrogen-bond acceptors (Lipinski definition) is 5. The number of nitrogens with one attached hydrogen (secondary N) is 1. The summed E-state index contributed by atoms with van der Waals surface area (Å²) in [6.45, 7) is 2.96. The molecule has 2 aromatic carbocycles. The minimum atomic E-state index is -0.239. The van der Waals surface area contributed by atoms with Crippen LogP contribution >= 0.6 is 11.6 Å². The fourth-order valence-electron chi connectivity index (χ4n) is 3.25. The molecule has 1 aliphatic rings. The van der Waals surface area contributed by atoms with Gasteiger partial charge in [0.1, 0.15) is 25.4 Å². The second-order valence-corrected chi connectivity index (χ2v) is 7.26. The zero-order valence-electron chi connectivity index (χ0n) is 16.5. The van der Waals surface area contributed by atoms with Gasteiger partial charge in [0.25, 0.3) is 0 Å². The number of ketones is 1. The summed E-state index contributed by atoms with van der Waals surface area (Å²) in [5.41, 5.74) is 1.66. The van der Waals surface area contributed by atoms with Crippen LogP contribution in [0.5, 0.6) is 11.5 Å². The first-order chi connectivity index (χ1) is 14.0. The Balaban J connectivity index is 1.89. The van der Waals surface area contributed by atoms with Crippen molar-refractivity contribution in [3.8, 4) is 11.5 Å². The van der Waals surface area contributed by atoms with Gasteiger partial charge in [-0.05, 0) is 29.8 Å². The van der Waals surface area contributed by atoms with Gasteiger partial charge in [-0.2, -0.15) is 0 Å². The Morgan fingerprint density at radius 1 is 1.14 bits per heavy atom. The third kappa shape index (κ3) is 5.16. The molecule has 1 N–H and O–H groups in total. The van der Waals surface area contributed by atoms with Crippen molar-refractivity contribution >= 4 is 23.5 Å². The van der Waals surface area contributed by atoms with E-state index in [0.29, 0.717) is 54.7 Å². The average molecular weight is 418 g/mol. The van der Waals surface area contributed by atoms with Crippen LogP contribution in [0.2, 0.25) is 5.02 Å². The van der Waals surface area contributed by atoms with E-state index in [2.05, 4.69) is 0 Å². The molecular formula is C22H24ClNO5. The molecule has 0 bridgehead atoms. The van der Waals surface area contributed by atoms with Crippen molar-refractivity contribution in [1.29, 1.82) is 0 Å². The maximum absolute atomic E-state index is 12.8. The first-order valence-corrected chi connectivity index (χ1v) is 9.75. The first kappa shape index (κ1) is 21.3. The van der Waals surface area contributed by atoms with Gasteiger partial charge in [-0.1, -0.05) is 35.5 Å². The van der Waals surface area contributed by atoms with Crippen molar-refractivity contribution in [3.05, 3.63) is 63.9 Å². The van der Waals surface area contributed by atoms with Gasteiger partial charge in [-0.25, -0.2) is 0 Å². The molecule has 0 fully saturated rings. The van der Waals surface area contributed by atoms with E-state index in [1.165, 1.54) is 12.1 Å². The Morgan fingerprint density at radius 3 is 2.52 bits per heavy atom. The Hall–Kier alpha value is -2.38. The van der Waals surface area contributed by atoms with Crippen LogP contribution in [0, 0.1) is 0 Å². The highest BCUT2D eigenvalue weighted by Gasteiger charge is 2.31. The van der Waals surface area contributed by atoms with E-state index in [1.54, 1.807) is 38.5 Å². The Bertz CT molecular complexity index is 904. The fraction of sp³-hybridized carbons (Fsp3) is 0.318. The third-order valence-electron chi connectivity index (χ3n) is 4.79. The zero-order valence-corrected chi connectivity index (χ0v) is 17.3. The summed E-state index contributed by atoms with van der Waals surface area (Å²) in [5, 5.41) is 13.1. The standard InChI is InChI=1S/C22H24ClNO5/c1-27-10-8-24(9-11-28-2)14-18-19(25)7-6-17-21(26)20(29-22(17)18)13-15-4-3-5-16(23)12-15/h3-7,12-13,25H,8-11,14H2,1-2H3. The summed E-state index contributed by atoms with van der Waals surface area (Å²) in [5.74, 6) is 0.150. The number of hydrogen-bond donors (Lipinski definition) is 1. The van der Waals surface area contributed by atoms with Crippen molar-refractivity contribution in [2.45, 2.75) is 6.54 Å². The lowest BCUT2D eigenvalue weighted by Crippen LogP contribution is -3.11. The molecule has 29 heavy (non-hydrogen) atoms. The van der Waals surface area contributed by atoms with Crippen LogP contribution in [0.4, 0.5) is 0 Å². The van der Waals surface area contributed by atoms with E-state index in [4.69, 9.17) is 25.8 Å². The summed E-state index contributed by atoms with van der Waals surface area (Å²) in [6, 6.07) is 10.1. The lowest BCUT2D eigenvalue weighted by Gasteiger charge is -2.23. The van der Waals surface area contributed by atoms with Crippen LogP contribution in [0.15, 0.2) is 42.2 Å². The van der Waals surface area contributed by atoms with Crippen molar-refractivity contribution in [1.82, 2.24) is 0 Å². The number of carbonyl (C=O) groups is 1. The monoisotopic (exact) mass is 417 g/mol. The largest absolute Gasteiger partial charge is 0.872 e. The fourth-order valence-corrected chi connectivity index (χ4v) is 3.45. The molecule has 0 amide bonds. The van der Waals surface area contributed by atoms with Crippen LogP contribution < -0.4 is 14.7 Å². The number of ether oxygens (including phenoxy) is 3. The lowest BCUT2D eigenvalue weighted by atomic mass is 10.0. The zero-order chi connectivity index (χ0) is 20.8. The molecule has 0 saturated carbocycles. The molecule has 0 atom stereocenters. The van der Waals surface area contributed by atoms with Gasteiger partial charge in [-0.3, -0.25) is 4.79 Å². The number of rotatable bonds is 9. The SMILES string of the molecule is COCC[NH+](CCOC)Cc1c([O-])ccc2c1OC(=Cc1cccc(Cl)c1)C2=O. The molecule has 0 saturated heterocycles. The Labute approximate surface area is 175 Å². The molecule has 3 rings (SSSR count). The number of halogens is 1. The van der Waals surface area contributed by atoms with Crippen molar-refractivity contribution < 1.29 is 29.0 Å². The van der Waals surface area contributed by atoms with Gasteiger partial charge in [0.15, 0.2) is 5.76 Å². The molecule has 0 aliphatic carbocycles. The van der Waals surface area contributed by atoms with Crippen LogP contribution in [-0.4, -0.2) is 46.3 Å². The molecule has 154 valence electrons. The van der Waals surface area contributed by atoms with Crippen molar-refractivity contribution in [2.75, 3.05) is 40.5 Å². The van der Waals surface area contributed by atoms with Crippen LogP contribution in [0.3, 0.4) is 0 Å². The third-order valence-corrected chi connectivity index (χ3v) is 5.03. The average Bonchev–Trinajstić information content (AvgIpc) is 3.01. The van der Waals surface area contributed by atoms with Crippen LogP contribution in [0.1, 0.15) is 21.5 Å². The molecule has 0 unspecified atom stereocenters. The molecule has 1 aliphatic heterocycles. The number of benzene rings is 2. The van der Waals surface area contributed by atoms with Gasteiger partial charge in [-0.15, -0.1) is 0 Å². The van der Waals surface area contributed by atoms with Gasteiger partial charge in [0.2, 0.25) is 5.78 Å². The number of carbonyl (C=O) groups excluding carboxylic acids is 1. The highest BCUT2D eigenvalue weighted by Crippen LogP contribution is 2.38. The molecule has 0 spiro atoms. The van der Waals surface area contributed by atoms with E-state index in [9.17, 15) is 9.90 Å². The predicted octanol–water partition coefficient (Wildman–Crippen LogP) is 1.71. The van der Waals surface area contributed by atoms with E-state index in [-0.39, 0.29) is 17.3 Å². The van der Waals surface area contributed by atoms with Crippen LogP contribution in [0.25, 0.3) is 6.08 Å². The highest BCUT2D eigenvalue weighted by molar-refractivity contribution is 6.30. The van der Waals surface area contributed by atoms with Crippen molar-refractivity contribution in [2.24, 2.45) is 0 Å². The quantitative estimate of drug-likeness (QED) is 0.629. The minimum absolute atomic E-state index is 0.145. The smallest absolute Gasteiger partial charge is 0.231 e. The van der Waals surface area contributed by atoms with Crippen LogP contribution in [-0.2, 0) is 16.0 Å². The molecular weight excluding hydrogens is 394 g/mol. The topological polar surface area (TPSA) is 72.3 Å². The molecule has 1 heterocycles. The maximum atomic E-state index is 12.8. The number of Topliss-reactive ketones (excluding diaryl/α,β-unsaturated/α-hetero) is 1. The second-order valence-electron chi connectivity index (χ2n) is 6.83. The summed E-state index contributed by atoms with van der Waals surface area (Å²) in [7, 11) is 3.28. The summed E-state index contributed by atoms with van der Waals surface area (Å²) < 4.78 is 16.2. The van der Waals surface area contributed by atoms with Gasteiger partial charge in [0.05, 0.1) is 18.8 Å². The molecule has 2 aromatic rings. The van der Waals surface area contributed by atoms with Crippen molar-refractivity contribution in [3.63, 3.8) is 0 Å². The number of methoxy groups -OCH3 is 2. The number of allylic oxidation sites excluding steroid dienone is 1. The lowest BCUT2D eigenvalue weighted by molar-refractivity contribution is -0.914. The first-order valence-electron chi connectivity index (χ1n) is 9.37. The minimum Gasteiger partial charge on any atom is -0.872 e. The van der Waals surface area contributed by atoms with E-state index in [1.807, 2.05) is 6.07 Å². The van der Waals surface area contributed by atoms with E-state index >= 15 is 0 Å². The molecule has 0 radical (unpaired) electrons. The molecule has 7 heteroatoms. The van der Waals surface area contributed by atoms with Gasteiger partial charge >= 0.3 is 0 Å². The maximum Gasteiger partial charge on any atom is 0.231 e. The molecule has 0 aromatic heterocycles. The number of fused-ring (bicyclic) bond motifs is 1. The Kier molecular flexibility index (Phi) is 7.28. The normalized spacial score (nSPS) is 14.5. The van der Waals surface area contributed by atoms with E-state index < -0.39 is 0 Å². The second kappa shape index (κ2) is 9.89.